The van der Waals surface area contributed by atoms with Crippen LogP contribution in [0.15, 0.2) is 12.0 Å². The number of aryl methyl sites for hydroxylation is 1. The summed E-state index contributed by atoms with van der Waals surface area (Å²) >= 11 is 5.91. The van der Waals surface area contributed by atoms with Crippen molar-refractivity contribution in [3.8, 4) is 6.01 Å². The highest BCUT2D eigenvalue weighted by molar-refractivity contribution is 6.30. The van der Waals surface area contributed by atoms with Gasteiger partial charge in [0.25, 0.3) is 0 Å². The highest BCUT2D eigenvalue weighted by Crippen LogP contribution is 2.33. The fourth-order valence-electron chi connectivity index (χ4n) is 3.43. The molecule has 4 heterocycles. The second-order valence-corrected chi connectivity index (χ2v) is 7.11. The molecule has 0 bridgehead atoms. The molecule has 9 heteroatoms. The minimum atomic E-state index is -0.715. The number of halogens is 2. The molecule has 1 N–H and O–H groups in total. The summed E-state index contributed by atoms with van der Waals surface area (Å²) in [6.07, 6.45) is 4.23. The smallest absolute Gasteiger partial charge is 0.324 e. The summed E-state index contributed by atoms with van der Waals surface area (Å²) in [5.74, 6) is 0.478. The predicted molar refractivity (Wildman–Crippen MR) is 98.4 cm³/mol. The number of aromatic nitrogens is 3. The first kappa shape index (κ1) is 18.2. The minimum absolute atomic E-state index is 0.00105. The van der Waals surface area contributed by atoms with E-state index in [4.69, 9.17) is 21.1 Å². The molecule has 0 radical (unpaired) electrons. The molecule has 0 aliphatic carbocycles. The van der Waals surface area contributed by atoms with Gasteiger partial charge < -0.3 is 19.5 Å². The number of β-amino-alcohol motifs (C(OH)–C–C–N with tert-alkyl or cyclic N) is 1. The highest BCUT2D eigenvalue weighted by Gasteiger charge is 2.25. The van der Waals surface area contributed by atoms with Crippen molar-refractivity contribution in [2.24, 2.45) is 0 Å². The molecule has 2 aliphatic heterocycles. The number of anilines is 1. The van der Waals surface area contributed by atoms with Crippen LogP contribution in [0, 0.1) is 12.7 Å². The van der Waals surface area contributed by atoms with Crippen LogP contribution in [-0.2, 0) is 4.74 Å². The maximum absolute atomic E-state index is 14.7. The van der Waals surface area contributed by atoms with Gasteiger partial charge in [-0.2, -0.15) is 9.97 Å². The molecule has 1 atom stereocenters. The van der Waals surface area contributed by atoms with Crippen molar-refractivity contribution in [3.63, 3.8) is 0 Å². The van der Waals surface area contributed by atoms with E-state index in [0.717, 1.165) is 25.7 Å². The van der Waals surface area contributed by atoms with Gasteiger partial charge in [-0.05, 0) is 26.2 Å². The Morgan fingerprint density at radius 1 is 1.33 bits per heavy atom. The highest BCUT2D eigenvalue weighted by atomic mass is 35.5. The summed E-state index contributed by atoms with van der Waals surface area (Å²) in [5.41, 5.74) is 0.578. The molecule has 7 nitrogen and oxygen atoms in total. The molecule has 0 aromatic carbocycles. The Kier molecular flexibility index (Phi) is 5.01. The number of aliphatic hydroxyl groups excluding tert-OH is 1. The average Bonchev–Trinajstić information content (AvgIpc) is 3.17. The van der Waals surface area contributed by atoms with Crippen molar-refractivity contribution in [2.75, 3.05) is 24.6 Å². The van der Waals surface area contributed by atoms with E-state index in [0.29, 0.717) is 42.4 Å². The second-order valence-electron chi connectivity index (χ2n) is 6.75. The maximum Gasteiger partial charge on any atom is 0.324 e. The third kappa shape index (κ3) is 3.64. The van der Waals surface area contributed by atoms with E-state index in [2.05, 4.69) is 15.0 Å². The van der Waals surface area contributed by atoms with E-state index in [1.807, 2.05) is 4.90 Å². The van der Waals surface area contributed by atoms with Crippen LogP contribution < -0.4 is 9.64 Å². The molecule has 1 unspecified atom stereocenters. The third-order valence-corrected chi connectivity index (χ3v) is 4.98. The molecule has 0 spiro atoms. The van der Waals surface area contributed by atoms with Crippen molar-refractivity contribution in [1.29, 1.82) is 0 Å². The fourth-order valence-corrected chi connectivity index (χ4v) is 3.65. The van der Waals surface area contributed by atoms with Crippen LogP contribution in [0.2, 0.25) is 5.15 Å². The van der Waals surface area contributed by atoms with Gasteiger partial charge >= 0.3 is 6.01 Å². The normalized spacial score (nSPS) is 21.7. The van der Waals surface area contributed by atoms with Gasteiger partial charge in [0.1, 0.15) is 23.4 Å². The Morgan fingerprint density at radius 2 is 2.19 bits per heavy atom. The first-order valence-corrected chi connectivity index (χ1v) is 9.35. The summed E-state index contributed by atoms with van der Waals surface area (Å²) in [6, 6.07) is 0.00105. The van der Waals surface area contributed by atoms with E-state index in [1.54, 1.807) is 6.92 Å². The largest absolute Gasteiger partial charge is 0.495 e. The molecular weight excluding hydrogens is 375 g/mol. The first-order chi connectivity index (χ1) is 13.0. The van der Waals surface area contributed by atoms with Crippen LogP contribution >= 0.6 is 11.6 Å². The van der Waals surface area contributed by atoms with Gasteiger partial charge in [-0.3, -0.25) is 0 Å². The zero-order valence-electron chi connectivity index (χ0n) is 14.9. The minimum Gasteiger partial charge on any atom is -0.495 e. The van der Waals surface area contributed by atoms with Crippen molar-refractivity contribution in [1.82, 2.24) is 15.0 Å². The average molecular weight is 395 g/mol. The lowest BCUT2D eigenvalue weighted by atomic mass is 10.1. The van der Waals surface area contributed by atoms with Crippen LogP contribution in [0.1, 0.15) is 31.4 Å². The molecule has 2 fully saturated rings. The Balaban J connectivity index is 1.82. The predicted octanol–water partition coefficient (Wildman–Crippen LogP) is 3.12. The number of fused-ring (bicyclic) bond motifs is 1. The van der Waals surface area contributed by atoms with Crippen molar-refractivity contribution in [3.05, 3.63) is 28.7 Å². The number of ether oxygens (including phenoxy) is 2. The van der Waals surface area contributed by atoms with Crippen molar-refractivity contribution < 1.29 is 19.0 Å². The monoisotopic (exact) mass is 394 g/mol. The molecule has 0 saturated carbocycles. The van der Waals surface area contributed by atoms with Gasteiger partial charge in [0.05, 0.1) is 23.8 Å². The molecule has 144 valence electrons. The van der Waals surface area contributed by atoms with Crippen LogP contribution in [0.5, 0.6) is 6.01 Å². The number of aliphatic hydroxyl groups is 1. The number of hydrogen-bond acceptors (Lipinski definition) is 7. The van der Waals surface area contributed by atoms with Crippen molar-refractivity contribution in [2.45, 2.75) is 38.7 Å². The summed E-state index contributed by atoms with van der Waals surface area (Å²) in [5, 5.41) is 10.3. The summed E-state index contributed by atoms with van der Waals surface area (Å²) in [6.45, 7) is 3.48. The Bertz CT molecular complexity index is 900. The van der Waals surface area contributed by atoms with Crippen LogP contribution in [0.4, 0.5) is 10.2 Å². The SMILES string of the molecule is Cc1nc(Cl)c(F)c2nc(OC=C3CCCO3)nc(N3CCCC(O)C3)c12. The van der Waals surface area contributed by atoms with Gasteiger partial charge in [-0.1, -0.05) is 11.6 Å². The fraction of sp³-hybridized carbons (Fsp3) is 0.500. The molecule has 2 aliphatic rings. The van der Waals surface area contributed by atoms with E-state index in [1.165, 1.54) is 6.26 Å². The summed E-state index contributed by atoms with van der Waals surface area (Å²) in [4.78, 5) is 14.7. The summed E-state index contributed by atoms with van der Waals surface area (Å²) < 4.78 is 25.7. The van der Waals surface area contributed by atoms with Gasteiger partial charge in [-0.25, -0.2) is 9.37 Å². The molecule has 27 heavy (non-hydrogen) atoms. The molecule has 2 saturated heterocycles. The van der Waals surface area contributed by atoms with E-state index >= 15 is 0 Å². The molecule has 2 aromatic rings. The van der Waals surface area contributed by atoms with Gasteiger partial charge in [-0.15, -0.1) is 0 Å². The number of piperidine rings is 1. The molecule has 0 amide bonds. The number of rotatable bonds is 3. The lowest BCUT2D eigenvalue weighted by molar-refractivity contribution is 0.154. The van der Waals surface area contributed by atoms with E-state index < -0.39 is 11.9 Å². The lowest BCUT2D eigenvalue weighted by Gasteiger charge is -2.32. The lowest BCUT2D eigenvalue weighted by Crippen LogP contribution is -2.39. The van der Waals surface area contributed by atoms with Gasteiger partial charge in [0.15, 0.2) is 11.0 Å². The van der Waals surface area contributed by atoms with Crippen LogP contribution in [0.25, 0.3) is 10.9 Å². The van der Waals surface area contributed by atoms with Gasteiger partial charge in [0.2, 0.25) is 0 Å². The van der Waals surface area contributed by atoms with Crippen LogP contribution in [0.3, 0.4) is 0 Å². The quantitative estimate of drug-likeness (QED) is 0.632. The number of allylic oxidation sites excluding steroid dienone is 1. The second kappa shape index (κ2) is 7.44. The standard InChI is InChI=1S/C18H20ClFN4O3/c1-10-13-15(14(20)16(19)21-10)22-18(27-9-12-5-3-7-26-12)23-17(13)24-6-2-4-11(25)8-24/h9,11,25H,2-8H2,1H3. The van der Waals surface area contributed by atoms with E-state index in [9.17, 15) is 9.50 Å². The molecular formula is C18H20ClFN4O3. The Hall–Kier alpha value is -2.19. The third-order valence-electron chi connectivity index (χ3n) is 4.73. The maximum atomic E-state index is 14.7. The summed E-state index contributed by atoms with van der Waals surface area (Å²) in [7, 11) is 0. The zero-order valence-corrected chi connectivity index (χ0v) is 15.7. The number of pyridine rings is 1. The Labute approximate surface area is 160 Å². The van der Waals surface area contributed by atoms with Crippen LogP contribution in [-0.4, -0.2) is 45.9 Å². The Morgan fingerprint density at radius 3 is 2.93 bits per heavy atom. The first-order valence-electron chi connectivity index (χ1n) is 8.98. The molecule has 2 aromatic heterocycles. The zero-order chi connectivity index (χ0) is 19.0. The van der Waals surface area contributed by atoms with Gasteiger partial charge in [0, 0.05) is 19.5 Å². The number of nitrogens with zero attached hydrogens (tertiary/aromatic N) is 4. The topological polar surface area (TPSA) is 80.6 Å². The molecule has 4 rings (SSSR count). The van der Waals surface area contributed by atoms with Crippen molar-refractivity contribution >= 4 is 28.3 Å². The number of hydrogen-bond donors (Lipinski definition) is 1. The van der Waals surface area contributed by atoms with E-state index in [-0.39, 0.29) is 16.7 Å².